The molecular weight excluding hydrogens is 386 g/mol. The standard InChI is InChI=1S/C23H47NO6/c1-4-5-6-7-8-9-10-24-11-13-26-17-18-29-22-23(2,21-28-16-15-25-3)30-20-19-27-14-12-24/h4-22H2,1-3H3. The Balaban J connectivity index is 2.33. The fourth-order valence-corrected chi connectivity index (χ4v) is 3.35. The van der Waals surface area contributed by atoms with Gasteiger partial charge in [-0.2, -0.15) is 0 Å². The van der Waals surface area contributed by atoms with Gasteiger partial charge < -0.3 is 28.4 Å². The van der Waals surface area contributed by atoms with Gasteiger partial charge in [0.2, 0.25) is 0 Å². The van der Waals surface area contributed by atoms with Crippen LogP contribution in [-0.2, 0) is 28.4 Å². The number of methoxy groups -OCH3 is 1. The summed E-state index contributed by atoms with van der Waals surface area (Å²) < 4.78 is 34.2. The molecule has 0 aromatic rings. The summed E-state index contributed by atoms with van der Waals surface area (Å²) in [7, 11) is 1.67. The summed E-state index contributed by atoms with van der Waals surface area (Å²) in [6.07, 6.45) is 7.92. The first-order chi connectivity index (χ1) is 14.7. The van der Waals surface area contributed by atoms with E-state index in [1.54, 1.807) is 7.11 Å². The Kier molecular flexibility index (Phi) is 18.0. The van der Waals surface area contributed by atoms with Crippen LogP contribution in [0.4, 0.5) is 0 Å². The normalized spacial score (nSPS) is 23.7. The minimum Gasteiger partial charge on any atom is -0.382 e. The first-order valence-electron chi connectivity index (χ1n) is 11.9. The Morgan fingerprint density at radius 1 is 0.800 bits per heavy atom. The van der Waals surface area contributed by atoms with Crippen LogP contribution in [0.25, 0.3) is 0 Å². The van der Waals surface area contributed by atoms with Gasteiger partial charge >= 0.3 is 0 Å². The molecule has 7 nitrogen and oxygen atoms in total. The van der Waals surface area contributed by atoms with E-state index in [9.17, 15) is 0 Å². The first kappa shape index (κ1) is 27.8. The average Bonchev–Trinajstić information content (AvgIpc) is 2.75. The van der Waals surface area contributed by atoms with Gasteiger partial charge in [-0.1, -0.05) is 39.0 Å². The predicted octanol–water partition coefficient (Wildman–Crippen LogP) is 3.15. The molecule has 1 fully saturated rings. The fourth-order valence-electron chi connectivity index (χ4n) is 3.35. The van der Waals surface area contributed by atoms with Crippen LogP contribution in [0.2, 0.25) is 0 Å². The monoisotopic (exact) mass is 433 g/mol. The molecule has 1 atom stereocenters. The van der Waals surface area contributed by atoms with Crippen molar-refractivity contribution in [3.8, 4) is 0 Å². The van der Waals surface area contributed by atoms with Crippen molar-refractivity contribution in [1.82, 2.24) is 4.90 Å². The van der Waals surface area contributed by atoms with E-state index >= 15 is 0 Å². The summed E-state index contributed by atoms with van der Waals surface area (Å²) in [6, 6.07) is 0. The molecule has 0 N–H and O–H groups in total. The van der Waals surface area contributed by atoms with Crippen LogP contribution >= 0.6 is 0 Å². The maximum Gasteiger partial charge on any atom is 0.112 e. The Hall–Kier alpha value is -0.280. The molecule has 0 aliphatic carbocycles. The van der Waals surface area contributed by atoms with Crippen LogP contribution in [0.15, 0.2) is 0 Å². The Labute approximate surface area is 184 Å². The summed E-state index contributed by atoms with van der Waals surface area (Å²) in [4.78, 5) is 2.45. The molecule has 0 spiro atoms. The largest absolute Gasteiger partial charge is 0.382 e. The lowest BCUT2D eigenvalue weighted by molar-refractivity contribution is -0.139. The van der Waals surface area contributed by atoms with E-state index in [0.29, 0.717) is 52.9 Å². The number of hydrogen-bond donors (Lipinski definition) is 0. The summed E-state index contributed by atoms with van der Waals surface area (Å²) in [6.45, 7) is 13.0. The van der Waals surface area contributed by atoms with Gasteiger partial charge in [-0.05, 0) is 19.9 Å². The smallest absolute Gasteiger partial charge is 0.112 e. The van der Waals surface area contributed by atoms with Crippen LogP contribution in [0.5, 0.6) is 0 Å². The van der Waals surface area contributed by atoms with Crippen molar-refractivity contribution in [3.05, 3.63) is 0 Å². The van der Waals surface area contributed by atoms with Crippen molar-refractivity contribution in [2.45, 2.75) is 58.0 Å². The average molecular weight is 434 g/mol. The van der Waals surface area contributed by atoms with Gasteiger partial charge in [-0.3, -0.25) is 4.90 Å². The second kappa shape index (κ2) is 19.4. The van der Waals surface area contributed by atoms with Gasteiger partial charge in [-0.25, -0.2) is 0 Å². The Morgan fingerprint density at radius 3 is 2.20 bits per heavy atom. The van der Waals surface area contributed by atoms with Gasteiger partial charge in [0.05, 0.1) is 66.1 Å². The van der Waals surface area contributed by atoms with Crippen molar-refractivity contribution in [3.63, 3.8) is 0 Å². The van der Waals surface area contributed by atoms with Gasteiger partial charge in [-0.15, -0.1) is 0 Å². The highest BCUT2D eigenvalue weighted by Crippen LogP contribution is 2.12. The van der Waals surface area contributed by atoms with Gasteiger partial charge in [0.15, 0.2) is 0 Å². The predicted molar refractivity (Wildman–Crippen MR) is 119 cm³/mol. The van der Waals surface area contributed by atoms with E-state index in [2.05, 4.69) is 11.8 Å². The zero-order chi connectivity index (χ0) is 21.8. The topological polar surface area (TPSA) is 58.6 Å². The molecule has 0 saturated carbocycles. The van der Waals surface area contributed by atoms with Gasteiger partial charge in [0.25, 0.3) is 0 Å². The van der Waals surface area contributed by atoms with E-state index in [-0.39, 0.29) is 0 Å². The van der Waals surface area contributed by atoms with Crippen molar-refractivity contribution in [1.29, 1.82) is 0 Å². The van der Waals surface area contributed by atoms with Crippen LogP contribution in [0, 0.1) is 0 Å². The van der Waals surface area contributed by atoms with E-state index in [0.717, 1.165) is 32.8 Å². The number of nitrogens with zero attached hydrogens (tertiary/aromatic N) is 1. The van der Waals surface area contributed by atoms with E-state index in [1.165, 1.54) is 38.5 Å². The van der Waals surface area contributed by atoms with Crippen molar-refractivity contribution in [2.75, 3.05) is 92.8 Å². The zero-order valence-corrected chi connectivity index (χ0v) is 19.8. The molecule has 0 amide bonds. The van der Waals surface area contributed by atoms with Crippen molar-refractivity contribution >= 4 is 0 Å². The highest BCUT2D eigenvalue weighted by molar-refractivity contribution is 4.75. The van der Waals surface area contributed by atoms with Gasteiger partial charge in [0.1, 0.15) is 5.60 Å². The number of ether oxygens (including phenoxy) is 6. The molecule has 1 saturated heterocycles. The fraction of sp³-hybridized carbons (Fsp3) is 1.00. The van der Waals surface area contributed by atoms with Crippen molar-refractivity contribution < 1.29 is 28.4 Å². The molecule has 1 rings (SSSR count). The summed E-state index contributed by atoms with van der Waals surface area (Å²) in [5.74, 6) is 0. The second-order valence-electron chi connectivity index (χ2n) is 8.23. The lowest BCUT2D eigenvalue weighted by Gasteiger charge is -2.29. The highest BCUT2D eigenvalue weighted by atomic mass is 16.6. The third-order valence-corrected chi connectivity index (χ3v) is 5.23. The quantitative estimate of drug-likeness (QED) is 0.438. The molecule has 30 heavy (non-hydrogen) atoms. The Bertz CT molecular complexity index is 374. The number of hydrogen-bond acceptors (Lipinski definition) is 7. The molecule has 0 aromatic carbocycles. The molecule has 180 valence electrons. The molecule has 1 heterocycles. The lowest BCUT2D eigenvalue weighted by Crippen LogP contribution is -2.41. The summed E-state index contributed by atoms with van der Waals surface area (Å²) in [5, 5.41) is 0. The molecule has 1 aliphatic heterocycles. The molecule has 7 heteroatoms. The van der Waals surface area contributed by atoms with Gasteiger partial charge in [0, 0.05) is 20.2 Å². The maximum atomic E-state index is 6.05. The van der Waals surface area contributed by atoms with Crippen LogP contribution in [0.1, 0.15) is 52.4 Å². The lowest BCUT2D eigenvalue weighted by atomic mass is 10.1. The number of rotatable bonds is 12. The molecule has 1 aliphatic rings. The van der Waals surface area contributed by atoms with Crippen LogP contribution in [0.3, 0.4) is 0 Å². The van der Waals surface area contributed by atoms with E-state index in [4.69, 9.17) is 28.4 Å². The first-order valence-corrected chi connectivity index (χ1v) is 11.9. The molecule has 0 radical (unpaired) electrons. The minimum absolute atomic E-state index is 0.462. The molecule has 0 aromatic heterocycles. The number of unbranched alkanes of at least 4 members (excludes halogenated alkanes) is 5. The SMILES string of the molecule is CCCCCCCCN1CCOCCOCC(C)(COCCOC)OCCOCC1. The maximum absolute atomic E-state index is 6.05. The van der Waals surface area contributed by atoms with E-state index < -0.39 is 5.60 Å². The zero-order valence-electron chi connectivity index (χ0n) is 19.8. The minimum atomic E-state index is -0.499. The second-order valence-corrected chi connectivity index (χ2v) is 8.23. The summed E-state index contributed by atoms with van der Waals surface area (Å²) >= 11 is 0. The third kappa shape index (κ3) is 15.5. The molecular formula is C23H47NO6. The molecule has 1 unspecified atom stereocenters. The Morgan fingerprint density at radius 2 is 1.47 bits per heavy atom. The molecule has 0 bridgehead atoms. The summed E-state index contributed by atoms with van der Waals surface area (Å²) in [5.41, 5.74) is -0.499. The van der Waals surface area contributed by atoms with Crippen LogP contribution in [-0.4, -0.2) is 103 Å². The van der Waals surface area contributed by atoms with Crippen molar-refractivity contribution in [2.24, 2.45) is 0 Å². The van der Waals surface area contributed by atoms with Crippen LogP contribution < -0.4 is 0 Å². The third-order valence-electron chi connectivity index (χ3n) is 5.23. The highest BCUT2D eigenvalue weighted by Gasteiger charge is 2.26. The van der Waals surface area contributed by atoms with E-state index in [1.807, 2.05) is 6.92 Å².